The van der Waals surface area contributed by atoms with Crippen LogP contribution < -0.4 is 0 Å². The minimum absolute atomic E-state index is 0.193. The summed E-state index contributed by atoms with van der Waals surface area (Å²) in [7, 11) is 0. The molecule has 4 rings (SSSR count). The van der Waals surface area contributed by atoms with Gasteiger partial charge < -0.3 is 9.13 Å². The summed E-state index contributed by atoms with van der Waals surface area (Å²) in [6.45, 7) is 6.16. The Morgan fingerprint density at radius 1 is 1.13 bits per heavy atom. The summed E-state index contributed by atoms with van der Waals surface area (Å²) < 4.78 is 4.51. The lowest BCUT2D eigenvalue weighted by Gasteiger charge is -2.08. The van der Waals surface area contributed by atoms with E-state index in [0.717, 1.165) is 22.2 Å². The van der Waals surface area contributed by atoms with Crippen molar-refractivity contribution in [1.29, 1.82) is 0 Å². The maximum absolute atomic E-state index is 12.7. The molecule has 0 spiro atoms. The van der Waals surface area contributed by atoms with Crippen LogP contribution in [0.25, 0.3) is 0 Å². The molecule has 2 fully saturated rings. The van der Waals surface area contributed by atoms with E-state index in [4.69, 9.17) is 0 Å². The van der Waals surface area contributed by atoms with E-state index in [2.05, 4.69) is 33.2 Å². The Kier molecular flexibility index (Phi) is 3.59. The topological polar surface area (TPSA) is 52.7 Å². The maximum Gasteiger partial charge on any atom is 0.191 e. The van der Waals surface area contributed by atoms with Gasteiger partial charge in [0, 0.05) is 29.0 Å². The highest BCUT2D eigenvalue weighted by molar-refractivity contribution is 7.99. The van der Waals surface area contributed by atoms with Crippen molar-refractivity contribution in [1.82, 2.24) is 19.3 Å². The van der Waals surface area contributed by atoms with Gasteiger partial charge in [0.2, 0.25) is 0 Å². The standard InChI is InChI=1S/C17H22N4OS/c1-10-8-15(11(2)20(10)13-4-5-13)16(22)9-23-17-19-18-12(3)21(17)14-6-7-14/h8,13-14H,4-7,9H2,1-3H3. The van der Waals surface area contributed by atoms with Crippen molar-refractivity contribution >= 4 is 17.5 Å². The number of carbonyl (C=O) groups excluding carboxylic acids is 1. The van der Waals surface area contributed by atoms with Gasteiger partial charge in [-0.1, -0.05) is 11.8 Å². The van der Waals surface area contributed by atoms with Crippen molar-refractivity contribution in [3.05, 3.63) is 28.8 Å². The molecule has 23 heavy (non-hydrogen) atoms. The molecule has 2 aliphatic rings. The summed E-state index contributed by atoms with van der Waals surface area (Å²) in [5.74, 6) is 1.58. The first-order chi connectivity index (χ1) is 11.1. The van der Waals surface area contributed by atoms with E-state index >= 15 is 0 Å². The predicted molar refractivity (Wildman–Crippen MR) is 90.3 cm³/mol. The molecule has 0 radical (unpaired) electrons. The van der Waals surface area contributed by atoms with Crippen LogP contribution in [0, 0.1) is 20.8 Å². The fourth-order valence-electron chi connectivity index (χ4n) is 3.36. The molecule has 2 heterocycles. The van der Waals surface area contributed by atoms with Crippen LogP contribution >= 0.6 is 11.8 Å². The van der Waals surface area contributed by atoms with Gasteiger partial charge in [-0.2, -0.15) is 0 Å². The van der Waals surface area contributed by atoms with Crippen LogP contribution in [0.5, 0.6) is 0 Å². The van der Waals surface area contributed by atoms with Crippen molar-refractivity contribution < 1.29 is 4.79 Å². The van der Waals surface area contributed by atoms with E-state index in [1.165, 1.54) is 43.1 Å². The molecule has 0 bridgehead atoms. The fourth-order valence-corrected chi connectivity index (χ4v) is 4.30. The number of ketones is 1. The van der Waals surface area contributed by atoms with Crippen LogP contribution in [-0.4, -0.2) is 30.9 Å². The molecule has 6 heteroatoms. The lowest BCUT2D eigenvalue weighted by atomic mass is 10.2. The summed E-state index contributed by atoms with van der Waals surface area (Å²) >= 11 is 1.52. The van der Waals surface area contributed by atoms with Crippen LogP contribution in [0.3, 0.4) is 0 Å². The minimum Gasteiger partial charge on any atom is -0.345 e. The van der Waals surface area contributed by atoms with Gasteiger partial charge in [0.1, 0.15) is 5.82 Å². The molecule has 0 saturated heterocycles. The molecule has 122 valence electrons. The summed E-state index contributed by atoms with van der Waals surface area (Å²) in [4.78, 5) is 12.7. The van der Waals surface area contributed by atoms with Crippen molar-refractivity contribution in [2.75, 3.05) is 5.75 Å². The highest BCUT2D eigenvalue weighted by atomic mass is 32.2. The predicted octanol–water partition coefficient (Wildman–Crippen LogP) is 3.65. The third-order valence-corrected chi connectivity index (χ3v) is 5.72. The summed E-state index contributed by atoms with van der Waals surface area (Å²) in [5, 5.41) is 9.30. The second-order valence-corrected chi connectivity index (χ2v) is 7.67. The third kappa shape index (κ3) is 2.73. The summed E-state index contributed by atoms with van der Waals surface area (Å²) in [5.41, 5.74) is 3.20. The number of thioether (sulfide) groups is 1. The van der Waals surface area contributed by atoms with Crippen LogP contribution in [0.15, 0.2) is 11.2 Å². The zero-order valence-electron chi connectivity index (χ0n) is 13.9. The molecular formula is C17H22N4OS. The Morgan fingerprint density at radius 2 is 1.78 bits per heavy atom. The highest BCUT2D eigenvalue weighted by Gasteiger charge is 2.30. The number of hydrogen-bond donors (Lipinski definition) is 0. The Balaban J connectivity index is 1.49. The van der Waals surface area contributed by atoms with Gasteiger partial charge >= 0.3 is 0 Å². The van der Waals surface area contributed by atoms with Crippen LogP contribution in [0.2, 0.25) is 0 Å². The highest BCUT2D eigenvalue weighted by Crippen LogP contribution is 2.40. The monoisotopic (exact) mass is 330 g/mol. The molecular weight excluding hydrogens is 308 g/mol. The number of aromatic nitrogens is 4. The van der Waals surface area contributed by atoms with Crippen molar-refractivity contribution in [2.45, 2.75) is 63.7 Å². The quantitative estimate of drug-likeness (QED) is 0.599. The molecule has 0 amide bonds. The average molecular weight is 330 g/mol. The normalized spacial score (nSPS) is 17.7. The van der Waals surface area contributed by atoms with Crippen molar-refractivity contribution in [2.24, 2.45) is 0 Å². The second-order valence-electron chi connectivity index (χ2n) is 6.73. The molecule has 0 unspecified atom stereocenters. The Bertz CT molecular complexity index is 768. The second kappa shape index (κ2) is 5.51. The fraction of sp³-hybridized carbons (Fsp3) is 0.588. The van der Waals surface area contributed by atoms with Gasteiger partial charge in [0.25, 0.3) is 0 Å². The smallest absolute Gasteiger partial charge is 0.191 e. The SMILES string of the molecule is Cc1cc(C(=O)CSc2nnc(C)n2C2CC2)c(C)n1C1CC1. The van der Waals surface area contributed by atoms with E-state index in [1.807, 2.05) is 13.0 Å². The van der Waals surface area contributed by atoms with E-state index in [-0.39, 0.29) is 5.78 Å². The van der Waals surface area contributed by atoms with Gasteiger partial charge in [0.15, 0.2) is 10.9 Å². The van der Waals surface area contributed by atoms with Gasteiger partial charge in [-0.15, -0.1) is 10.2 Å². The summed E-state index contributed by atoms with van der Waals surface area (Å²) in [6.07, 6.45) is 4.87. The van der Waals surface area contributed by atoms with E-state index < -0.39 is 0 Å². The lowest BCUT2D eigenvalue weighted by molar-refractivity contribution is 0.102. The maximum atomic E-state index is 12.7. The number of nitrogens with zero attached hydrogens (tertiary/aromatic N) is 4. The first-order valence-electron chi connectivity index (χ1n) is 8.32. The Labute approximate surface area is 140 Å². The molecule has 0 N–H and O–H groups in total. The van der Waals surface area contributed by atoms with Gasteiger partial charge in [0.05, 0.1) is 5.75 Å². The van der Waals surface area contributed by atoms with E-state index in [9.17, 15) is 4.79 Å². The third-order valence-electron chi connectivity index (χ3n) is 4.78. The molecule has 0 aromatic carbocycles. The minimum atomic E-state index is 0.193. The first-order valence-corrected chi connectivity index (χ1v) is 9.30. The number of carbonyl (C=O) groups is 1. The van der Waals surface area contributed by atoms with Crippen molar-refractivity contribution in [3.63, 3.8) is 0 Å². The largest absolute Gasteiger partial charge is 0.345 e. The van der Waals surface area contributed by atoms with Crippen molar-refractivity contribution in [3.8, 4) is 0 Å². The lowest BCUT2D eigenvalue weighted by Crippen LogP contribution is -2.07. The number of hydrogen-bond acceptors (Lipinski definition) is 4. The number of aryl methyl sites for hydroxylation is 2. The van der Waals surface area contributed by atoms with E-state index in [0.29, 0.717) is 17.8 Å². The first kappa shape index (κ1) is 15.0. The number of rotatable bonds is 6. The van der Waals surface area contributed by atoms with Gasteiger partial charge in [-0.3, -0.25) is 4.79 Å². The van der Waals surface area contributed by atoms with Crippen LogP contribution in [0.4, 0.5) is 0 Å². The zero-order valence-corrected chi connectivity index (χ0v) is 14.7. The van der Waals surface area contributed by atoms with Gasteiger partial charge in [-0.25, -0.2) is 0 Å². The Hall–Kier alpha value is -1.56. The van der Waals surface area contributed by atoms with Crippen LogP contribution in [-0.2, 0) is 0 Å². The molecule has 2 aromatic rings. The molecule has 2 saturated carbocycles. The van der Waals surface area contributed by atoms with Crippen LogP contribution in [0.1, 0.15) is 65.3 Å². The van der Waals surface area contributed by atoms with E-state index in [1.54, 1.807) is 0 Å². The molecule has 5 nitrogen and oxygen atoms in total. The molecule has 0 aliphatic heterocycles. The molecule has 2 aliphatic carbocycles. The number of Topliss-reactive ketones (excluding diaryl/α,β-unsaturated/α-hetero) is 1. The molecule has 2 aromatic heterocycles. The Morgan fingerprint density at radius 3 is 2.43 bits per heavy atom. The van der Waals surface area contributed by atoms with Gasteiger partial charge in [-0.05, 0) is 52.5 Å². The molecule has 0 atom stereocenters. The average Bonchev–Trinajstić information content (AvgIpc) is 3.43. The summed E-state index contributed by atoms with van der Waals surface area (Å²) in [6, 6.07) is 3.21. The zero-order chi connectivity index (χ0) is 16.1.